The van der Waals surface area contributed by atoms with Crippen molar-refractivity contribution in [3.8, 4) is 0 Å². The minimum absolute atomic E-state index is 0.182. The van der Waals surface area contributed by atoms with Gasteiger partial charge >= 0.3 is 5.97 Å². The van der Waals surface area contributed by atoms with Crippen LogP contribution in [-0.4, -0.2) is 19.7 Å². The molecule has 1 heterocycles. The summed E-state index contributed by atoms with van der Waals surface area (Å²) in [5.41, 5.74) is 1.26. The number of carbonyl (C=O) groups excluding carboxylic acids is 1. The van der Waals surface area contributed by atoms with Crippen LogP contribution in [-0.2, 0) is 27.4 Å². The van der Waals surface area contributed by atoms with Gasteiger partial charge in [-0.25, -0.2) is 0 Å². The molecule has 1 rings (SSSR count). The zero-order valence-electron chi connectivity index (χ0n) is 12.1. The van der Waals surface area contributed by atoms with Crippen LogP contribution in [0.4, 0.5) is 0 Å². The number of hydrogen-bond donors (Lipinski definition) is 0. The molecule has 4 heteroatoms. The third-order valence-electron chi connectivity index (χ3n) is 2.67. The molecular weight excluding hydrogens is 242 g/mol. The standard InChI is InChI=1S/C15H24NO3/c1-13(2)10-14-6-4-8-16(11-14)12-19-15(17)7-5-9-18-3/h4,6,8,11,13H,5,7,9-10,12H2,1-3H3/q+1. The first kappa shape index (κ1) is 15.6. The van der Waals surface area contributed by atoms with Crippen LogP contribution < -0.4 is 4.57 Å². The Kier molecular flexibility index (Phi) is 7.11. The van der Waals surface area contributed by atoms with E-state index < -0.39 is 0 Å². The maximum absolute atomic E-state index is 11.5. The molecular formula is C15H24NO3+. The second-order valence-electron chi connectivity index (χ2n) is 5.07. The van der Waals surface area contributed by atoms with Gasteiger partial charge in [0, 0.05) is 31.8 Å². The van der Waals surface area contributed by atoms with Crippen molar-refractivity contribution in [1.82, 2.24) is 0 Å². The lowest BCUT2D eigenvalue weighted by Gasteiger charge is -2.04. The number of esters is 1. The van der Waals surface area contributed by atoms with E-state index in [1.165, 1.54) is 5.56 Å². The van der Waals surface area contributed by atoms with Gasteiger partial charge in [-0.1, -0.05) is 13.8 Å². The summed E-state index contributed by atoms with van der Waals surface area (Å²) < 4.78 is 12.0. The number of aromatic nitrogens is 1. The van der Waals surface area contributed by atoms with Gasteiger partial charge in [-0.3, -0.25) is 4.79 Å². The smallest absolute Gasteiger partial charge is 0.310 e. The van der Waals surface area contributed by atoms with Crippen LogP contribution >= 0.6 is 0 Å². The molecule has 0 amide bonds. The van der Waals surface area contributed by atoms with Gasteiger partial charge < -0.3 is 9.47 Å². The topological polar surface area (TPSA) is 39.4 Å². The lowest BCUT2D eigenvalue weighted by atomic mass is 10.1. The van der Waals surface area contributed by atoms with E-state index in [0.29, 0.717) is 25.4 Å². The Balaban J connectivity index is 2.38. The average Bonchev–Trinajstić information content (AvgIpc) is 2.36. The van der Waals surface area contributed by atoms with Crippen LogP contribution in [0.2, 0.25) is 0 Å². The highest BCUT2D eigenvalue weighted by atomic mass is 16.5. The molecule has 0 saturated carbocycles. The fourth-order valence-corrected chi connectivity index (χ4v) is 1.83. The van der Waals surface area contributed by atoms with Gasteiger partial charge in [-0.15, -0.1) is 0 Å². The number of carbonyl (C=O) groups is 1. The predicted molar refractivity (Wildman–Crippen MR) is 72.4 cm³/mol. The number of methoxy groups -OCH3 is 1. The summed E-state index contributed by atoms with van der Waals surface area (Å²) in [6.07, 6.45) is 6.07. The molecule has 0 bridgehead atoms. The van der Waals surface area contributed by atoms with Crippen molar-refractivity contribution in [1.29, 1.82) is 0 Å². The fourth-order valence-electron chi connectivity index (χ4n) is 1.83. The summed E-state index contributed by atoms with van der Waals surface area (Å²) in [6, 6.07) is 4.08. The van der Waals surface area contributed by atoms with Gasteiger partial charge in [0.15, 0.2) is 12.4 Å². The Bertz CT molecular complexity index is 391. The first-order chi connectivity index (χ1) is 9.11. The van der Waals surface area contributed by atoms with Gasteiger partial charge in [0.1, 0.15) is 0 Å². The maximum atomic E-state index is 11.5. The zero-order chi connectivity index (χ0) is 14.1. The molecule has 0 saturated heterocycles. The first-order valence-electron chi connectivity index (χ1n) is 6.74. The van der Waals surface area contributed by atoms with Crippen LogP contribution in [0.25, 0.3) is 0 Å². The van der Waals surface area contributed by atoms with Crippen molar-refractivity contribution in [2.24, 2.45) is 5.92 Å². The number of rotatable bonds is 8. The molecule has 19 heavy (non-hydrogen) atoms. The van der Waals surface area contributed by atoms with Gasteiger partial charge in [0.25, 0.3) is 6.73 Å². The van der Waals surface area contributed by atoms with E-state index in [1.54, 1.807) is 7.11 Å². The molecule has 0 unspecified atom stereocenters. The van der Waals surface area contributed by atoms with Crippen molar-refractivity contribution in [2.75, 3.05) is 13.7 Å². The van der Waals surface area contributed by atoms with Crippen molar-refractivity contribution >= 4 is 5.97 Å². The quantitative estimate of drug-likeness (QED) is 0.411. The minimum atomic E-state index is -0.182. The third-order valence-corrected chi connectivity index (χ3v) is 2.67. The minimum Gasteiger partial charge on any atom is -0.405 e. The van der Waals surface area contributed by atoms with E-state index in [9.17, 15) is 4.79 Å². The Labute approximate surface area is 115 Å². The highest BCUT2D eigenvalue weighted by Gasteiger charge is 2.08. The SMILES string of the molecule is COCCCC(=O)OC[n+]1cccc(CC(C)C)c1. The molecule has 0 aromatic carbocycles. The van der Waals surface area contributed by atoms with Crippen molar-refractivity contribution in [2.45, 2.75) is 39.8 Å². The lowest BCUT2D eigenvalue weighted by molar-refractivity contribution is -0.728. The van der Waals surface area contributed by atoms with Gasteiger partial charge in [0.05, 0.1) is 0 Å². The Morgan fingerprint density at radius 1 is 1.42 bits per heavy atom. The van der Waals surface area contributed by atoms with Crippen LogP contribution in [0.5, 0.6) is 0 Å². The van der Waals surface area contributed by atoms with Crippen molar-refractivity contribution in [3.63, 3.8) is 0 Å². The second-order valence-corrected chi connectivity index (χ2v) is 5.07. The maximum Gasteiger partial charge on any atom is 0.310 e. The van der Waals surface area contributed by atoms with Crippen LogP contribution in [0, 0.1) is 5.92 Å². The monoisotopic (exact) mass is 266 g/mol. The number of pyridine rings is 1. The van der Waals surface area contributed by atoms with Crippen molar-refractivity contribution < 1.29 is 18.8 Å². The normalized spacial score (nSPS) is 10.7. The van der Waals surface area contributed by atoms with Crippen LogP contribution in [0.1, 0.15) is 32.3 Å². The van der Waals surface area contributed by atoms with E-state index in [1.807, 2.05) is 23.0 Å². The summed E-state index contributed by atoms with van der Waals surface area (Å²) in [4.78, 5) is 11.5. The van der Waals surface area contributed by atoms with Crippen molar-refractivity contribution in [3.05, 3.63) is 30.1 Å². The number of nitrogens with zero attached hydrogens (tertiary/aromatic N) is 1. The van der Waals surface area contributed by atoms with E-state index in [2.05, 4.69) is 19.9 Å². The van der Waals surface area contributed by atoms with Gasteiger partial charge in [-0.2, -0.15) is 4.57 Å². The van der Waals surface area contributed by atoms with Crippen LogP contribution in [0.3, 0.4) is 0 Å². The molecule has 1 aromatic rings. The molecule has 0 aliphatic rings. The molecule has 0 aliphatic carbocycles. The van der Waals surface area contributed by atoms with E-state index in [-0.39, 0.29) is 12.7 Å². The lowest BCUT2D eigenvalue weighted by Crippen LogP contribution is -2.36. The van der Waals surface area contributed by atoms with Crippen LogP contribution in [0.15, 0.2) is 24.5 Å². The number of ether oxygens (including phenoxy) is 2. The van der Waals surface area contributed by atoms with E-state index in [4.69, 9.17) is 9.47 Å². The molecule has 0 fully saturated rings. The van der Waals surface area contributed by atoms with E-state index >= 15 is 0 Å². The molecule has 0 atom stereocenters. The van der Waals surface area contributed by atoms with Gasteiger partial charge in [0.2, 0.25) is 0 Å². The molecule has 0 radical (unpaired) electrons. The summed E-state index contributed by atoms with van der Waals surface area (Å²) >= 11 is 0. The highest BCUT2D eigenvalue weighted by Crippen LogP contribution is 2.04. The van der Waals surface area contributed by atoms with Gasteiger partial charge in [-0.05, 0) is 24.8 Å². The molecule has 4 nitrogen and oxygen atoms in total. The molecule has 1 aromatic heterocycles. The average molecular weight is 266 g/mol. The Hall–Kier alpha value is -1.42. The van der Waals surface area contributed by atoms with E-state index in [0.717, 1.165) is 6.42 Å². The predicted octanol–water partition coefficient (Wildman–Crippen LogP) is 2.10. The molecule has 0 spiro atoms. The largest absolute Gasteiger partial charge is 0.405 e. The third kappa shape index (κ3) is 6.91. The zero-order valence-corrected chi connectivity index (χ0v) is 12.1. The number of hydrogen-bond acceptors (Lipinski definition) is 3. The second kappa shape index (κ2) is 8.64. The summed E-state index contributed by atoms with van der Waals surface area (Å²) in [7, 11) is 1.63. The highest BCUT2D eigenvalue weighted by molar-refractivity contribution is 5.68. The summed E-state index contributed by atoms with van der Waals surface area (Å²) in [5.74, 6) is 0.436. The Morgan fingerprint density at radius 2 is 2.21 bits per heavy atom. The molecule has 106 valence electrons. The summed E-state index contributed by atoms with van der Waals surface area (Å²) in [6.45, 7) is 5.24. The fraction of sp³-hybridized carbons (Fsp3) is 0.600. The molecule has 0 N–H and O–H groups in total. The Morgan fingerprint density at radius 3 is 2.89 bits per heavy atom. The summed E-state index contributed by atoms with van der Waals surface area (Å²) in [5, 5.41) is 0. The molecule has 0 aliphatic heterocycles. The first-order valence-corrected chi connectivity index (χ1v) is 6.74.